The lowest BCUT2D eigenvalue weighted by Crippen LogP contribution is -2.44. The molecule has 19 heavy (non-hydrogen) atoms. The molecule has 2 rings (SSSR count). The summed E-state index contributed by atoms with van der Waals surface area (Å²) in [5, 5.41) is 2.28. The topological polar surface area (TPSA) is 58.6 Å². The van der Waals surface area contributed by atoms with Crippen molar-refractivity contribution in [3.05, 3.63) is 35.9 Å². The van der Waals surface area contributed by atoms with Gasteiger partial charge in [-0.3, -0.25) is 15.0 Å². The zero-order valence-electron chi connectivity index (χ0n) is 11.0. The number of imide groups is 1. The van der Waals surface area contributed by atoms with Gasteiger partial charge in [-0.1, -0.05) is 30.3 Å². The van der Waals surface area contributed by atoms with Gasteiger partial charge in [-0.25, -0.2) is 4.79 Å². The third-order valence-corrected chi connectivity index (χ3v) is 3.26. The Bertz CT molecular complexity index is 447. The first-order chi connectivity index (χ1) is 9.16. The Morgan fingerprint density at radius 2 is 2.11 bits per heavy atom. The Morgan fingerprint density at radius 1 is 1.37 bits per heavy atom. The first-order valence-corrected chi connectivity index (χ1v) is 6.38. The number of likely N-dealkylation sites (tertiary alicyclic amines) is 1. The average molecular weight is 262 g/mol. The number of likely N-dealkylation sites (N-methyl/N-ethyl adjacent to an activating group) is 1. The molecule has 1 aliphatic rings. The predicted molar refractivity (Wildman–Crippen MR) is 70.4 cm³/mol. The second-order valence-electron chi connectivity index (χ2n) is 4.69. The van der Waals surface area contributed by atoms with E-state index in [0.29, 0.717) is 0 Å². The standard InChI is InChI=1S/C14H18N2O3/c1-16-9-5-8-12(16)13(17)15-14(18)19-10-11-6-3-2-4-7-11/h2-4,6-7,12H,5,8-10H2,1H3,(H,15,17,18)/t12-/m1/s1. The van der Waals surface area contributed by atoms with Crippen LogP contribution < -0.4 is 5.32 Å². The minimum atomic E-state index is -0.686. The lowest BCUT2D eigenvalue weighted by atomic mass is 10.2. The van der Waals surface area contributed by atoms with E-state index in [2.05, 4.69) is 5.32 Å². The van der Waals surface area contributed by atoms with Crippen LogP contribution in [0.4, 0.5) is 4.79 Å². The molecule has 5 heteroatoms. The van der Waals surface area contributed by atoms with Gasteiger partial charge in [0.25, 0.3) is 0 Å². The minimum absolute atomic E-state index is 0.167. The van der Waals surface area contributed by atoms with E-state index in [9.17, 15) is 9.59 Å². The SMILES string of the molecule is CN1CCC[C@@H]1C(=O)NC(=O)OCc1ccccc1. The number of nitrogens with zero attached hydrogens (tertiary/aromatic N) is 1. The molecular weight excluding hydrogens is 244 g/mol. The predicted octanol–water partition coefficient (Wildman–Crippen LogP) is 1.53. The van der Waals surface area contributed by atoms with Crippen molar-refractivity contribution in [1.82, 2.24) is 10.2 Å². The maximum atomic E-state index is 11.8. The average Bonchev–Trinajstić information content (AvgIpc) is 2.84. The number of hydrogen-bond acceptors (Lipinski definition) is 4. The van der Waals surface area contributed by atoms with Gasteiger partial charge in [-0.15, -0.1) is 0 Å². The molecule has 0 bridgehead atoms. The minimum Gasteiger partial charge on any atom is -0.444 e. The smallest absolute Gasteiger partial charge is 0.414 e. The van der Waals surface area contributed by atoms with Crippen LogP contribution in [0.3, 0.4) is 0 Å². The van der Waals surface area contributed by atoms with Crippen molar-refractivity contribution in [3.8, 4) is 0 Å². The van der Waals surface area contributed by atoms with Gasteiger partial charge in [-0.2, -0.15) is 0 Å². The number of nitrogens with one attached hydrogen (secondary N) is 1. The Labute approximate surface area is 112 Å². The highest BCUT2D eigenvalue weighted by Crippen LogP contribution is 2.14. The second-order valence-corrected chi connectivity index (χ2v) is 4.69. The molecule has 5 nitrogen and oxygen atoms in total. The molecule has 1 fully saturated rings. The van der Waals surface area contributed by atoms with E-state index in [1.165, 1.54) is 0 Å². The van der Waals surface area contributed by atoms with Gasteiger partial charge in [-0.05, 0) is 32.0 Å². The maximum Gasteiger partial charge on any atom is 0.414 e. The third kappa shape index (κ3) is 3.79. The first-order valence-electron chi connectivity index (χ1n) is 6.38. The van der Waals surface area contributed by atoms with Gasteiger partial charge in [0, 0.05) is 0 Å². The van der Waals surface area contributed by atoms with Crippen molar-refractivity contribution < 1.29 is 14.3 Å². The number of amides is 2. The molecule has 1 heterocycles. The molecule has 0 saturated carbocycles. The van der Waals surface area contributed by atoms with Crippen molar-refractivity contribution in [2.24, 2.45) is 0 Å². The molecule has 0 aromatic heterocycles. The van der Waals surface area contributed by atoms with Gasteiger partial charge >= 0.3 is 6.09 Å². The quantitative estimate of drug-likeness (QED) is 0.897. The Balaban J connectivity index is 1.76. The largest absolute Gasteiger partial charge is 0.444 e. The molecular formula is C14H18N2O3. The summed E-state index contributed by atoms with van der Waals surface area (Å²) in [6.45, 7) is 1.05. The molecule has 1 atom stereocenters. The fourth-order valence-corrected chi connectivity index (χ4v) is 2.18. The van der Waals surface area contributed by atoms with Crippen molar-refractivity contribution >= 4 is 12.0 Å². The van der Waals surface area contributed by atoms with Gasteiger partial charge in [0.15, 0.2) is 0 Å². The summed E-state index contributed by atoms with van der Waals surface area (Å²) < 4.78 is 5.00. The summed E-state index contributed by atoms with van der Waals surface area (Å²) in [5.74, 6) is -0.280. The van der Waals surface area contributed by atoms with E-state index in [1.54, 1.807) is 0 Å². The van der Waals surface area contributed by atoms with Crippen molar-refractivity contribution in [2.75, 3.05) is 13.6 Å². The number of hydrogen-bond donors (Lipinski definition) is 1. The van der Waals surface area contributed by atoms with Crippen LogP contribution in [0.15, 0.2) is 30.3 Å². The molecule has 1 aromatic rings. The highest BCUT2D eigenvalue weighted by Gasteiger charge is 2.28. The summed E-state index contributed by atoms with van der Waals surface area (Å²) in [5.41, 5.74) is 0.892. The third-order valence-electron chi connectivity index (χ3n) is 3.26. The number of alkyl carbamates (subject to hydrolysis) is 1. The van der Waals surface area contributed by atoms with Gasteiger partial charge in [0.05, 0.1) is 6.04 Å². The molecule has 1 aliphatic heterocycles. The van der Waals surface area contributed by atoms with Crippen LogP contribution in [0.1, 0.15) is 18.4 Å². The number of carbonyl (C=O) groups excluding carboxylic acids is 2. The van der Waals surface area contributed by atoms with Crippen LogP contribution in [-0.2, 0) is 16.1 Å². The lowest BCUT2D eigenvalue weighted by Gasteiger charge is -2.17. The van der Waals surface area contributed by atoms with E-state index >= 15 is 0 Å². The molecule has 0 aliphatic carbocycles. The molecule has 1 saturated heterocycles. The zero-order valence-corrected chi connectivity index (χ0v) is 11.0. The normalized spacial score (nSPS) is 19.1. The van der Waals surface area contributed by atoms with Crippen molar-refractivity contribution in [2.45, 2.75) is 25.5 Å². The van der Waals surface area contributed by atoms with Crippen LogP contribution in [0.25, 0.3) is 0 Å². The Morgan fingerprint density at radius 3 is 2.74 bits per heavy atom. The number of ether oxygens (including phenoxy) is 1. The summed E-state index contributed by atoms with van der Waals surface area (Å²) in [4.78, 5) is 25.3. The van der Waals surface area contributed by atoms with Crippen LogP contribution in [-0.4, -0.2) is 36.5 Å². The summed E-state index contributed by atoms with van der Waals surface area (Å²) in [6.07, 6.45) is 1.08. The molecule has 102 valence electrons. The molecule has 0 radical (unpaired) electrons. The van der Waals surface area contributed by atoms with Gasteiger partial charge in [0.2, 0.25) is 5.91 Å². The van der Waals surface area contributed by atoms with Crippen LogP contribution in [0.5, 0.6) is 0 Å². The lowest BCUT2D eigenvalue weighted by molar-refractivity contribution is -0.124. The van der Waals surface area contributed by atoms with Gasteiger partial charge < -0.3 is 4.74 Å². The molecule has 1 aromatic carbocycles. The molecule has 0 unspecified atom stereocenters. The highest BCUT2D eigenvalue weighted by molar-refractivity contribution is 5.94. The molecule has 1 N–H and O–H groups in total. The summed E-state index contributed by atoms with van der Waals surface area (Å²) >= 11 is 0. The van der Waals surface area contributed by atoms with E-state index in [4.69, 9.17) is 4.74 Å². The van der Waals surface area contributed by atoms with Crippen molar-refractivity contribution in [1.29, 1.82) is 0 Å². The van der Waals surface area contributed by atoms with E-state index in [0.717, 1.165) is 24.9 Å². The molecule has 0 spiro atoms. The number of benzene rings is 1. The second kappa shape index (κ2) is 6.33. The maximum absolute atomic E-state index is 11.8. The number of rotatable bonds is 3. The van der Waals surface area contributed by atoms with Gasteiger partial charge in [0.1, 0.15) is 6.61 Å². The van der Waals surface area contributed by atoms with Crippen LogP contribution in [0.2, 0.25) is 0 Å². The first kappa shape index (κ1) is 13.5. The monoisotopic (exact) mass is 262 g/mol. The van der Waals surface area contributed by atoms with E-state index in [-0.39, 0.29) is 18.6 Å². The Hall–Kier alpha value is -1.88. The fourth-order valence-electron chi connectivity index (χ4n) is 2.18. The highest BCUT2D eigenvalue weighted by atomic mass is 16.5. The van der Waals surface area contributed by atoms with Crippen molar-refractivity contribution in [3.63, 3.8) is 0 Å². The zero-order chi connectivity index (χ0) is 13.7. The summed E-state index contributed by atoms with van der Waals surface area (Å²) in [6, 6.07) is 9.14. The van der Waals surface area contributed by atoms with Crippen LogP contribution >= 0.6 is 0 Å². The molecule has 2 amide bonds. The van der Waals surface area contributed by atoms with E-state index < -0.39 is 6.09 Å². The fraction of sp³-hybridized carbons (Fsp3) is 0.429. The summed E-state index contributed by atoms with van der Waals surface area (Å²) in [7, 11) is 1.88. The Kier molecular flexibility index (Phi) is 4.52. The van der Waals surface area contributed by atoms with E-state index in [1.807, 2.05) is 42.3 Å². The number of carbonyl (C=O) groups is 2. The van der Waals surface area contributed by atoms with Crippen LogP contribution in [0, 0.1) is 0 Å².